The largest absolute Gasteiger partial charge is 0.355 e. The molecule has 0 aromatic carbocycles. The van der Waals surface area contributed by atoms with E-state index in [2.05, 4.69) is 16.9 Å². The molecular formula is C11H18N2O2S. The minimum atomic E-state index is -0.152. The summed E-state index contributed by atoms with van der Waals surface area (Å²) < 4.78 is 0. The van der Waals surface area contributed by atoms with Crippen LogP contribution < -0.4 is 10.6 Å². The van der Waals surface area contributed by atoms with Gasteiger partial charge in [-0.2, -0.15) is 11.8 Å². The van der Waals surface area contributed by atoms with E-state index in [4.69, 9.17) is 0 Å². The molecule has 4 nitrogen and oxygen atoms in total. The zero-order valence-electron chi connectivity index (χ0n) is 9.49. The maximum atomic E-state index is 11.8. The van der Waals surface area contributed by atoms with Crippen molar-refractivity contribution in [2.24, 2.45) is 5.92 Å². The number of hydrogen-bond acceptors (Lipinski definition) is 3. The minimum absolute atomic E-state index is 0.00596. The topological polar surface area (TPSA) is 58.2 Å². The van der Waals surface area contributed by atoms with E-state index in [0.717, 1.165) is 12.8 Å². The number of amides is 2. The lowest BCUT2D eigenvalue weighted by Gasteiger charge is -2.15. The van der Waals surface area contributed by atoms with Crippen LogP contribution in [0.4, 0.5) is 0 Å². The predicted molar refractivity (Wildman–Crippen MR) is 64.2 cm³/mol. The molecule has 0 aromatic heterocycles. The molecule has 1 aliphatic carbocycles. The molecule has 1 aliphatic heterocycles. The van der Waals surface area contributed by atoms with Crippen LogP contribution >= 0.6 is 11.8 Å². The van der Waals surface area contributed by atoms with Crippen molar-refractivity contribution in [3.8, 4) is 0 Å². The molecule has 0 aromatic rings. The Morgan fingerprint density at radius 1 is 1.50 bits per heavy atom. The normalized spacial score (nSPS) is 33.8. The second-order valence-corrected chi connectivity index (χ2v) is 5.72. The van der Waals surface area contributed by atoms with E-state index in [-0.39, 0.29) is 17.7 Å². The van der Waals surface area contributed by atoms with Crippen molar-refractivity contribution in [3.63, 3.8) is 0 Å². The summed E-state index contributed by atoms with van der Waals surface area (Å²) in [6.45, 7) is 0.503. The van der Waals surface area contributed by atoms with E-state index >= 15 is 0 Å². The van der Waals surface area contributed by atoms with Crippen molar-refractivity contribution in [2.75, 3.05) is 12.8 Å². The first-order valence-corrected chi connectivity index (χ1v) is 7.07. The van der Waals surface area contributed by atoms with Gasteiger partial charge >= 0.3 is 0 Å². The predicted octanol–water partition coefficient (Wildman–Crippen LogP) is 0.523. The number of carbonyl (C=O) groups excluding carboxylic acids is 2. The van der Waals surface area contributed by atoms with Crippen molar-refractivity contribution in [1.82, 2.24) is 10.6 Å². The molecule has 3 atom stereocenters. The summed E-state index contributed by atoms with van der Waals surface area (Å²) in [5.41, 5.74) is 0. The van der Waals surface area contributed by atoms with E-state index in [9.17, 15) is 9.59 Å². The SMILES string of the molecule is CSC1CCC(NC(=O)C2CNC(=O)C2)C1. The third kappa shape index (κ3) is 2.70. The van der Waals surface area contributed by atoms with Crippen molar-refractivity contribution in [3.05, 3.63) is 0 Å². The molecule has 16 heavy (non-hydrogen) atoms. The Morgan fingerprint density at radius 3 is 2.88 bits per heavy atom. The van der Waals surface area contributed by atoms with Gasteiger partial charge in [0.25, 0.3) is 0 Å². The second kappa shape index (κ2) is 5.08. The van der Waals surface area contributed by atoms with Gasteiger partial charge in [-0.05, 0) is 25.5 Å². The first-order chi connectivity index (χ1) is 7.69. The smallest absolute Gasteiger partial charge is 0.225 e. The number of thioether (sulfide) groups is 1. The van der Waals surface area contributed by atoms with Crippen LogP contribution in [-0.2, 0) is 9.59 Å². The zero-order valence-corrected chi connectivity index (χ0v) is 10.3. The molecule has 1 saturated heterocycles. The summed E-state index contributed by atoms with van der Waals surface area (Å²) in [7, 11) is 0. The first kappa shape index (κ1) is 11.8. The van der Waals surface area contributed by atoms with Crippen molar-refractivity contribution < 1.29 is 9.59 Å². The molecule has 1 saturated carbocycles. The van der Waals surface area contributed by atoms with Gasteiger partial charge in [-0.25, -0.2) is 0 Å². The van der Waals surface area contributed by atoms with E-state index in [1.54, 1.807) is 0 Å². The van der Waals surface area contributed by atoms with Crippen LogP contribution in [0.1, 0.15) is 25.7 Å². The maximum Gasteiger partial charge on any atom is 0.225 e. The number of nitrogens with one attached hydrogen (secondary N) is 2. The Balaban J connectivity index is 1.77. The Hall–Kier alpha value is -0.710. The fourth-order valence-corrected chi connectivity index (χ4v) is 3.19. The van der Waals surface area contributed by atoms with E-state index in [1.165, 1.54) is 6.42 Å². The molecule has 0 radical (unpaired) electrons. The lowest BCUT2D eigenvalue weighted by Crippen LogP contribution is -2.38. The third-order valence-corrected chi connectivity index (χ3v) is 4.51. The minimum Gasteiger partial charge on any atom is -0.355 e. The zero-order chi connectivity index (χ0) is 11.5. The van der Waals surface area contributed by atoms with Crippen LogP contribution in [0, 0.1) is 5.92 Å². The number of hydrogen-bond donors (Lipinski definition) is 2. The molecule has 90 valence electrons. The van der Waals surface area contributed by atoms with Crippen LogP contribution in [0.25, 0.3) is 0 Å². The summed E-state index contributed by atoms with van der Waals surface area (Å²) in [5, 5.41) is 6.44. The van der Waals surface area contributed by atoms with Gasteiger partial charge < -0.3 is 10.6 Å². The molecule has 3 unspecified atom stereocenters. The summed E-state index contributed by atoms with van der Waals surface area (Å²) in [6.07, 6.45) is 5.80. The molecule has 1 heterocycles. The Morgan fingerprint density at radius 2 is 2.31 bits per heavy atom. The average molecular weight is 242 g/mol. The molecule has 2 aliphatic rings. The Labute approximate surface area is 99.9 Å². The van der Waals surface area contributed by atoms with Crippen LogP contribution in [0.2, 0.25) is 0 Å². The van der Waals surface area contributed by atoms with Gasteiger partial charge in [0, 0.05) is 24.3 Å². The highest BCUT2D eigenvalue weighted by Crippen LogP contribution is 2.28. The summed E-state index contributed by atoms with van der Waals surface area (Å²) in [6, 6.07) is 0.320. The van der Waals surface area contributed by atoms with Gasteiger partial charge in [-0.1, -0.05) is 0 Å². The molecular weight excluding hydrogens is 224 g/mol. The first-order valence-electron chi connectivity index (χ1n) is 5.79. The van der Waals surface area contributed by atoms with Gasteiger partial charge in [-0.15, -0.1) is 0 Å². The van der Waals surface area contributed by atoms with Gasteiger partial charge in [0.15, 0.2) is 0 Å². The van der Waals surface area contributed by atoms with Gasteiger partial charge in [-0.3, -0.25) is 9.59 Å². The molecule has 2 rings (SSSR count). The lowest BCUT2D eigenvalue weighted by molar-refractivity contribution is -0.127. The van der Waals surface area contributed by atoms with Crippen molar-refractivity contribution in [1.29, 1.82) is 0 Å². The monoisotopic (exact) mass is 242 g/mol. The van der Waals surface area contributed by atoms with Crippen molar-refractivity contribution in [2.45, 2.75) is 37.0 Å². The maximum absolute atomic E-state index is 11.8. The summed E-state index contributed by atoms with van der Waals surface area (Å²) in [4.78, 5) is 22.8. The molecule has 2 N–H and O–H groups in total. The standard InChI is InChI=1S/C11H18N2O2S/c1-16-9-3-2-8(5-9)13-11(15)7-4-10(14)12-6-7/h7-9H,2-6H2,1H3,(H,12,14)(H,13,15). The molecule has 0 bridgehead atoms. The Bertz CT molecular complexity index is 296. The molecule has 2 fully saturated rings. The lowest BCUT2D eigenvalue weighted by atomic mass is 10.1. The highest BCUT2D eigenvalue weighted by Gasteiger charge is 2.31. The summed E-state index contributed by atoms with van der Waals surface area (Å²) >= 11 is 1.88. The quantitative estimate of drug-likeness (QED) is 0.758. The van der Waals surface area contributed by atoms with Crippen LogP contribution in [0.15, 0.2) is 0 Å². The molecule has 5 heteroatoms. The van der Waals surface area contributed by atoms with E-state index < -0.39 is 0 Å². The fourth-order valence-electron chi connectivity index (χ4n) is 2.39. The highest BCUT2D eigenvalue weighted by atomic mass is 32.2. The number of rotatable bonds is 3. The van der Waals surface area contributed by atoms with E-state index in [1.807, 2.05) is 11.8 Å². The van der Waals surface area contributed by atoms with Gasteiger partial charge in [0.2, 0.25) is 11.8 Å². The van der Waals surface area contributed by atoms with Crippen LogP contribution in [-0.4, -0.2) is 35.9 Å². The second-order valence-electron chi connectivity index (χ2n) is 4.58. The van der Waals surface area contributed by atoms with E-state index in [0.29, 0.717) is 24.3 Å². The van der Waals surface area contributed by atoms with Gasteiger partial charge in [0.1, 0.15) is 0 Å². The van der Waals surface area contributed by atoms with Crippen LogP contribution in [0.5, 0.6) is 0 Å². The molecule has 0 spiro atoms. The van der Waals surface area contributed by atoms with Gasteiger partial charge in [0.05, 0.1) is 5.92 Å². The van der Waals surface area contributed by atoms with Crippen LogP contribution in [0.3, 0.4) is 0 Å². The third-order valence-electron chi connectivity index (χ3n) is 3.41. The van der Waals surface area contributed by atoms with Crippen molar-refractivity contribution >= 4 is 23.6 Å². The number of carbonyl (C=O) groups is 2. The summed E-state index contributed by atoms with van der Waals surface area (Å²) in [5.74, 6) is -0.112. The molecule has 2 amide bonds. The Kier molecular flexibility index (Phi) is 3.74. The average Bonchev–Trinajstić information content (AvgIpc) is 2.87. The fraction of sp³-hybridized carbons (Fsp3) is 0.818. The highest BCUT2D eigenvalue weighted by molar-refractivity contribution is 7.99.